The lowest BCUT2D eigenvalue weighted by atomic mass is 9.77. The molecule has 0 aliphatic heterocycles. The Morgan fingerprint density at radius 2 is 0.795 bits per heavy atom. The van der Waals surface area contributed by atoms with E-state index < -0.39 is 0 Å². The maximum atomic E-state index is 11.8. The Morgan fingerprint density at radius 1 is 0.513 bits per heavy atom. The first kappa shape index (κ1) is 33.0. The van der Waals surface area contributed by atoms with Crippen molar-refractivity contribution in [2.24, 2.45) is 5.18 Å². The first-order valence-corrected chi connectivity index (χ1v) is 15.1. The number of aromatic hydroxyl groups is 1. The molecule has 3 nitrogen and oxygen atoms in total. The summed E-state index contributed by atoms with van der Waals surface area (Å²) in [5.41, 5.74) is 7.19. The summed E-state index contributed by atoms with van der Waals surface area (Å²) in [5.74, 6) is 0.472. The number of hydrogen-bond acceptors (Lipinski definition) is 3. The van der Waals surface area contributed by atoms with Crippen molar-refractivity contribution in [3.63, 3.8) is 0 Å². The molecule has 1 N–H and O–H groups in total. The van der Waals surface area contributed by atoms with Gasteiger partial charge >= 0.3 is 0 Å². The normalized spacial score (nSPS) is 13.1. The number of nitrogens with zero attached hydrogens (tertiary/aromatic N) is 1. The Balaban J connectivity index is 1.94. The van der Waals surface area contributed by atoms with Crippen molar-refractivity contribution in [3.8, 4) is 5.75 Å². The van der Waals surface area contributed by atoms with Gasteiger partial charge in [0.1, 0.15) is 11.4 Å². The summed E-state index contributed by atoms with van der Waals surface area (Å²) >= 11 is 0. The average molecular weight is 536 g/mol. The molecule has 0 radical (unpaired) electrons. The highest BCUT2D eigenvalue weighted by atomic mass is 16.3. The van der Waals surface area contributed by atoms with Gasteiger partial charge in [-0.25, -0.2) is 0 Å². The van der Waals surface area contributed by atoms with Gasteiger partial charge in [-0.15, -0.1) is 4.91 Å². The second-order valence-electron chi connectivity index (χ2n) is 15.8. The van der Waals surface area contributed by atoms with Crippen molar-refractivity contribution in [2.45, 2.75) is 156 Å². The summed E-state index contributed by atoms with van der Waals surface area (Å²) in [4.78, 5) is 11.8. The first-order valence-electron chi connectivity index (χ1n) is 15.1. The second-order valence-corrected chi connectivity index (χ2v) is 15.8. The number of rotatable bonds is 10. The molecule has 39 heavy (non-hydrogen) atoms. The predicted molar refractivity (Wildman–Crippen MR) is 170 cm³/mol. The number of hydrogen-bond donors (Lipinski definition) is 1. The van der Waals surface area contributed by atoms with Crippen LogP contribution < -0.4 is 0 Å². The van der Waals surface area contributed by atoms with Gasteiger partial charge in [0, 0.05) is 0 Å². The fourth-order valence-electron chi connectivity index (χ4n) is 5.43. The molecule has 0 aliphatic rings. The van der Waals surface area contributed by atoms with E-state index in [1.165, 1.54) is 49.7 Å². The van der Waals surface area contributed by atoms with Crippen molar-refractivity contribution < 1.29 is 5.11 Å². The number of benzene rings is 2. The lowest BCUT2D eigenvalue weighted by Crippen LogP contribution is -2.18. The molecule has 0 atom stereocenters. The zero-order valence-corrected chi connectivity index (χ0v) is 27.3. The molecule has 2 rings (SSSR count). The number of unbranched alkanes of at least 4 members (excludes halogenated alkanes) is 5. The lowest BCUT2D eigenvalue weighted by Gasteiger charge is -2.28. The van der Waals surface area contributed by atoms with Crippen LogP contribution in [0.4, 0.5) is 5.69 Å². The molecule has 0 aromatic heterocycles. The highest BCUT2D eigenvalue weighted by Gasteiger charge is 2.28. The summed E-state index contributed by atoms with van der Waals surface area (Å²) in [6, 6.07) is 8.91. The molecule has 0 aliphatic carbocycles. The molecule has 0 saturated carbocycles. The maximum absolute atomic E-state index is 11.8. The Hall–Kier alpha value is -2.16. The fourth-order valence-corrected chi connectivity index (χ4v) is 5.43. The van der Waals surface area contributed by atoms with Crippen LogP contribution in [0.3, 0.4) is 0 Å². The van der Waals surface area contributed by atoms with Crippen LogP contribution in [-0.4, -0.2) is 5.11 Å². The fraction of sp³-hybridized carbons (Fsp3) is 0.667. The van der Waals surface area contributed by atoms with Crippen molar-refractivity contribution >= 4 is 5.69 Å². The molecule has 0 heterocycles. The van der Waals surface area contributed by atoms with Crippen LogP contribution in [0.5, 0.6) is 5.75 Å². The van der Waals surface area contributed by atoms with E-state index in [0.717, 1.165) is 35.1 Å². The van der Waals surface area contributed by atoms with Crippen molar-refractivity contribution in [2.75, 3.05) is 0 Å². The van der Waals surface area contributed by atoms with Crippen molar-refractivity contribution in [1.82, 2.24) is 0 Å². The molecule has 0 saturated heterocycles. The van der Waals surface area contributed by atoms with Gasteiger partial charge in [-0.3, -0.25) is 0 Å². The third-order valence-electron chi connectivity index (χ3n) is 7.84. The maximum Gasteiger partial charge on any atom is 0.123 e. The van der Waals surface area contributed by atoms with E-state index in [-0.39, 0.29) is 21.7 Å². The predicted octanol–water partition coefficient (Wildman–Crippen LogP) is 11.1. The van der Waals surface area contributed by atoms with Gasteiger partial charge in [0.25, 0.3) is 0 Å². The van der Waals surface area contributed by atoms with E-state index >= 15 is 0 Å². The number of phenolic OH excluding ortho intramolecular Hbond substituents is 1. The summed E-state index contributed by atoms with van der Waals surface area (Å²) in [7, 11) is 0. The Labute approximate surface area is 240 Å². The van der Waals surface area contributed by atoms with Crippen LogP contribution in [-0.2, 0) is 34.5 Å². The molecule has 0 spiro atoms. The Morgan fingerprint density at radius 3 is 1.08 bits per heavy atom. The van der Waals surface area contributed by atoms with Crippen molar-refractivity contribution in [1.29, 1.82) is 0 Å². The smallest absolute Gasteiger partial charge is 0.123 e. The van der Waals surface area contributed by atoms with E-state index in [1.54, 1.807) is 0 Å². The average Bonchev–Trinajstić information content (AvgIpc) is 2.78. The van der Waals surface area contributed by atoms with E-state index in [1.807, 2.05) is 0 Å². The van der Waals surface area contributed by atoms with Crippen LogP contribution in [0.2, 0.25) is 0 Å². The van der Waals surface area contributed by atoms with Crippen LogP contribution in [0.15, 0.2) is 29.4 Å². The zero-order chi connectivity index (χ0) is 29.8. The minimum Gasteiger partial charge on any atom is -0.507 e. The van der Waals surface area contributed by atoms with Gasteiger partial charge in [-0.05, 0) is 85.9 Å². The van der Waals surface area contributed by atoms with E-state index in [0.29, 0.717) is 11.4 Å². The van der Waals surface area contributed by atoms with Gasteiger partial charge in [-0.2, -0.15) is 0 Å². The summed E-state index contributed by atoms with van der Waals surface area (Å²) in [6.45, 7) is 26.1. The highest BCUT2D eigenvalue weighted by Crippen LogP contribution is 2.42. The van der Waals surface area contributed by atoms with Crippen LogP contribution >= 0.6 is 0 Å². The van der Waals surface area contributed by atoms with E-state index in [2.05, 4.69) is 113 Å². The minimum absolute atomic E-state index is 0.0779. The Bertz CT molecular complexity index is 1040. The molecule has 0 amide bonds. The summed E-state index contributed by atoms with van der Waals surface area (Å²) in [6.07, 6.45) is 9.43. The van der Waals surface area contributed by atoms with Gasteiger partial charge in [-0.1, -0.05) is 133 Å². The van der Waals surface area contributed by atoms with Gasteiger partial charge in [0.2, 0.25) is 0 Å². The monoisotopic (exact) mass is 535 g/mol. The quantitative estimate of drug-likeness (QED) is 0.243. The first-order chi connectivity index (χ1) is 17.8. The standard InChI is InChI=1S/C36H57NO2/c1-33(2,3)27-21-25(22-28(31(27)37-39)34(4,5)6)19-17-15-13-14-16-18-20-26-23-29(35(7,8)9)32(38)30(24-26)36(10,11)12/h21-24,38H,13-20H2,1-12H3. The molecule has 3 heteroatoms. The molecular formula is C36H57NO2. The molecule has 0 fully saturated rings. The van der Waals surface area contributed by atoms with E-state index in [9.17, 15) is 10.0 Å². The van der Waals surface area contributed by atoms with Crippen LogP contribution in [0.25, 0.3) is 0 Å². The number of nitroso groups, excluding NO2 is 1. The van der Waals surface area contributed by atoms with Crippen LogP contribution in [0.1, 0.15) is 155 Å². The summed E-state index contributed by atoms with van der Waals surface area (Å²) < 4.78 is 0. The Kier molecular flexibility index (Phi) is 10.6. The number of phenols is 1. The number of aryl methyl sites for hydroxylation is 2. The molecule has 0 unspecified atom stereocenters. The SMILES string of the molecule is CC(C)(C)c1cc(CCCCCCCCc2cc(C(C)(C)C)c(N=O)c(C(C)(C)C)c2)cc(C(C)(C)C)c1O. The van der Waals surface area contributed by atoms with Gasteiger partial charge in [0.15, 0.2) is 0 Å². The molecule has 0 bridgehead atoms. The lowest BCUT2D eigenvalue weighted by molar-refractivity contribution is 0.422. The zero-order valence-electron chi connectivity index (χ0n) is 27.3. The minimum atomic E-state index is -0.113. The van der Waals surface area contributed by atoms with E-state index in [4.69, 9.17) is 0 Å². The van der Waals surface area contributed by atoms with Gasteiger partial charge in [0.05, 0.1) is 0 Å². The molecule has 2 aromatic rings. The molecule has 2 aromatic carbocycles. The summed E-state index contributed by atoms with van der Waals surface area (Å²) in [5, 5.41) is 14.5. The van der Waals surface area contributed by atoms with Crippen molar-refractivity contribution in [3.05, 3.63) is 62.6 Å². The molecule has 218 valence electrons. The van der Waals surface area contributed by atoms with Crippen LogP contribution in [0, 0.1) is 4.91 Å². The molecular weight excluding hydrogens is 478 g/mol. The van der Waals surface area contributed by atoms with Gasteiger partial charge < -0.3 is 5.11 Å². The second kappa shape index (κ2) is 12.6. The highest BCUT2D eigenvalue weighted by molar-refractivity contribution is 5.60. The topological polar surface area (TPSA) is 49.7 Å². The third-order valence-corrected chi connectivity index (χ3v) is 7.84. The third kappa shape index (κ3) is 9.19. The largest absolute Gasteiger partial charge is 0.507 e.